The number of ether oxygens (including phenoxy) is 1. The van der Waals surface area contributed by atoms with Gasteiger partial charge in [0.05, 0.1) is 18.7 Å². The van der Waals surface area contributed by atoms with Crippen molar-refractivity contribution in [3.05, 3.63) is 64.7 Å². The number of nitrogens with two attached hydrogens (primary N) is 1. The second kappa shape index (κ2) is 6.40. The van der Waals surface area contributed by atoms with Crippen LogP contribution in [0.25, 0.3) is 12.2 Å². The number of primary amides is 1. The number of methoxy groups -OCH3 is 1. The number of amides is 1. The van der Waals surface area contributed by atoms with Crippen molar-refractivity contribution in [2.75, 3.05) is 7.11 Å². The van der Waals surface area contributed by atoms with Gasteiger partial charge in [0.15, 0.2) is 0 Å². The molecule has 0 aromatic heterocycles. The molecular formula is C17H14N2O2. The first-order valence-corrected chi connectivity index (χ1v) is 6.30. The van der Waals surface area contributed by atoms with Crippen LogP contribution in [0.4, 0.5) is 0 Å². The normalized spacial score (nSPS) is 10.3. The van der Waals surface area contributed by atoms with Crippen molar-refractivity contribution in [1.82, 2.24) is 0 Å². The maximum absolute atomic E-state index is 11.2. The van der Waals surface area contributed by atoms with Crippen LogP contribution in [-0.2, 0) is 0 Å². The van der Waals surface area contributed by atoms with Gasteiger partial charge in [0, 0.05) is 11.1 Å². The van der Waals surface area contributed by atoms with Gasteiger partial charge in [-0.3, -0.25) is 4.79 Å². The van der Waals surface area contributed by atoms with Crippen LogP contribution in [0.15, 0.2) is 42.5 Å². The second-order valence-electron chi connectivity index (χ2n) is 4.39. The van der Waals surface area contributed by atoms with Crippen LogP contribution in [-0.4, -0.2) is 13.0 Å². The number of hydrogen-bond donors (Lipinski definition) is 1. The summed E-state index contributed by atoms with van der Waals surface area (Å²) in [5, 5.41) is 8.76. The molecule has 0 heterocycles. The maximum atomic E-state index is 11.2. The summed E-state index contributed by atoms with van der Waals surface area (Å²) in [5.74, 6) is 0.176. The molecule has 1 amide bonds. The zero-order valence-corrected chi connectivity index (χ0v) is 11.5. The third-order valence-corrected chi connectivity index (χ3v) is 3.01. The van der Waals surface area contributed by atoms with Crippen molar-refractivity contribution < 1.29 is 9.53 Å². The van der Waals surface area contributed by atoms with E-state index < -0.39 is 5.91 Å². The first-order chi connectivity index (χ1) is 10.1. The molecule has 2 rings (SSSR count). The van der Waals surface area contributed by atoms with E-state index in [9.17, 15) is 4.79 Å². The van der Waals surface area contributed by atoms with Gasteiger partial charge in [-0.05, 0) is 35.9 Å². The van der Waals surface area contributed by atoms with E-state index in [4.69, 9.17) is 15.7 Å². The number of carbonyl (C=O) groups excluding carboxylic acids is 1. The van der Waals surface area contributed by atoms with Crippen molar-refractivity contribution in [2.24, 2.45) is 5.73 Å². The van der Waals surface area contributed by atoms with Crippen molar-refractivity contribution in [1.29, 1.82) is 5.26 Å². The average Bonchev–Trinajstić information content (AvgIpc) is 2.53. The number of hydrogen-bond acceptors (Lipinski definition) is 3. The molecule has 2 N–H and O–H groups in total. The van der Waals surface area contributed by atoms with Crippen LogP contribution in [0.1, 0.15) is 27.0 Å². The Bertz CT molecular complexity index is 725. The minimum absolute atomic E-state index is 0.426. The van der Waals surface area contributed by atoms with Crippen LogP contribution in [0, 0.1) is 11.3 Å². The Morgan fingerprint density at radius 2 is 1.90 bits per heavy atom. The SMILES string of the molecule is COc1ccc(C(N)=O)cc1/C=C/c1ccc(C#N)cc1. The number of carbonyl (C=O) groups is 1. The number of benzene rings is 2. The molecule has 0 aliphatic heterocycles. The van der Waals surface area contributed by atoms with Gasteiger partial charge in [-0.2, -0.15) is 5.26 Å². The third-order valence-electron chi connectivity index (χ3n) is 3.01. The first kappa shape index (κ1) is 14.4. The molecule has 0 unspecified atom stereocenters. The second-order valence-corrected chi connectivity index (χ2v) is 4.39. The van der Waals surface area contributed by atoms with Crippen LogP contribution >= 0.6 is 0 Å². The summed E-state index contributed by atoms with van der Waals surface area (Å²) in [6, 6.07) is 14.3. The van der Waals surface area contributed by atoms with E-state index in [0.29, 0.717) is 16.9 Å². The molecule has 104 valence electrons. The summed E-state index contributed by atoms with van der Waals surface area (Å²) in [6.45, 7) is 0. The molecule has 4 heteroatoms. The molecule has 0 saturated carbocycles. The highest BCUT2D eigenvalue weighted by Gasteiger charge is 2.05. The highest BCUT2D eigenvalue weighted by molar-refractivity contribution is 5.94. The topological polar surface area (TPSA) is 76.1 Å². The van der Waals surface area contributed by atoms with Gasteiger partial charge in [-0.15, -0.1) is 0 Å². The van der Waals surface area contributed by atoms with E-state index in [1.165, 1.54) is 0 Å². The average molecular weight is 278 g/mol. The van der Waals surface area contributed by atoms with E-state index in [0.717, 1.165) is 11.1 Å². The Labute approximate surface area is 123 Å². The maximum Gasteiger partial charge on any atom is 0.248 e. The lowest BCUT2D eigenvalue weighted by Gasteiger charge is -2.06. The lowest BCUT2D eigenvalue weighted by molar-refractivity contribution is 0.1000. The number of rotatable bonds is 4. The molecule has 0 atom stereocenters. The molecule has 2 aromatic rings. The molecule has 0 fully saturated rings. The summed E-state index contributed by atoms with van der Waals surface area (Å²) < 4.78 is 5.26. The Morgan fingerprint density at radius 1 is 1.19 bits per heavy atom. The minimum Gasteiger partial charge on any atom is -0.496 e. The van der Waals surface area contributed by atoms with Gasteiger partial charge < -0.3 is 10.5 Å². The van der Waals surface area contributed by atoms with Crippen molar-refractivity contribution in [3.63, 3.8) is 0 Å². The fourth-order valence-corrected chi connectivity index (χ4v) is 1.87. The Kier molecular flexibility index (Phi) is 4.37. The Hall–Kier alpha value is -3.06. The van der Waals surface area contributed by atoms with Crippen molar-refractivity contribution in [3.8, 4) is 11.8 Å². The van der Waals surface area contributed by atoms with Gasteiger partial charge >= 0.3 is 0 Å². The molecule has 0 spiro atoms. The summed E-state index contributed by atoms with van der Waals surface area (Å²) in [6.07, 6.45) is 3.72. The Balaban J connectivity index is 2.32. The molecular weight excluding hydrogens is 264 g/mol. The lowest BCUT2D eigenvalue weighted by atomic mass is 10.1. The van der Waals surface area contributed by atoms with Crippen molar-refractivity contribution >= 4 is 18.1 Å². The molecule has 0 radical (unpaired) electrons. The van der Waals surface area contributed by atoms with Gasteiger partial charge in [0.25, 0.3) is 0 Å². The zero-order valence-electron chi connectivity index (χ0n) is 11.5. The third kappa shape index (κ3) is 3.48. The Morgan fingerprint density at radius 3 is 2.48 bits per heavy atom. The van der Waals surface area contributed by atoms with E-state index in [2.05, 4.69) is 6.07 Å². The predicted molar refractivity (Wildman–Crippen MR) is 81.6 cm³/mol. The molecule has 0 aliphatic carbocycles. The van der Waals surface area contributed by atoms with Gasteiger partial charge in [-0.1, -0.05) is 24.3 Å². The standard InChI is InChI=1S/C17H14N2O2/c1-21-16-9-8-15(17(19)20)10-14(16)7-6-12-2-4-13(11-18)5-3-12/h2-10H,1H3,(H2,19,20)/b7-6+. The van der Waals surface area contributed by atoms with Gasteiger partial charge in [0.2, 0.25) is 5.91 Å². The largest absolute Gasteiger partial charge is 0.496 e. The number of nitriles is 1. The first-order valence-electron chi connectivity index (χ1n) is 6.30. The van der Waals surface area contributed by atoms with E-state index in [1.807, 2.05) is 24.3 Å². The van der Waals surface area contributed by atoms with E-state index in [-0.39, 0.29) is 0 Å². The molecule has 0 bridgehead atoms. The quantitative estimate of drug-likeness (QED) is 0.874. The molecule has 21 heavy (non-hydrogen) atoms. The van der Waals surface area contributed by atoms with Gasteiger partial charge in [0.1, 0.15) is 5.75 Å². The molecule has 2 aromatic carbocycles. The smallest absolute Gasteiger partial charge is 0.248 e. The van der Waals surface area contributed by atoms with Crippen LogP contribution in [0.3, 0.4) is 0 Å². The van der Waals surface area contributed by atoms with Crippen LogP contribution < -0.4 is 10.5 Å². The fraction of sp³-hybridized carbons (Fsp3) is 0.0588. The zero-order chi connectivity index (χ0) is 15.2. The summed E-state index contributed by atoms with van der Waals surface area (Å²) in [5.41, 5.74) is 8.02. The monoisotopic (exact) mass is 278 g/mol. The highest BCUT2D eigenvalue weighted by Crippen LogP contribution is 2.22. The lowest BCUT2D eigenvalue weighted by Crippen LogP contribution is -2.10. The van der Waals surface area contributed by atoms with Crippen molar-refractivity contribution in [2.45, 2.75) is 0 Å². The molecule has 4 nitrogen and oxygen atoms in total. The number of nitrogens with zero attached hydrogens (tertiary/aromatic N) is 1. The fourth-order valence-electron chi connectivity index (χ4n) is 1.87. The summed E-state index contributed by atoms with van der Waals surface area (Å²) in [7, 11) is 1.57. The van der Waals surface area contributed by atoms with E-state index >= 15 is 0 Å². The van der Waals surface area contributed by atoms with E-state index in [1.54, 1.807) is 37.4 Å². The van der Waals surface area contributed by atoms with Crippen LogP contribution in [0.5, 0.6) is 5.75 Å². The molecule has 0 saturated heterocycles. The minimum atomic E-state index is -0.481. The molecule has 0 aliphatic rings. The van der Waals surface area contributed by atoms with Gasteiger partial charge in [-0.25, -0.2) is 0 Å². The summed E-state index contributed by atoms with van der Waals surface area (Å²) >= 11 is 0. The van der Waals surface area contributed by atoms with Crippen LogP contribution in [0.2, 0.25) is 0 Å². The summed E-state index contributed by atoms with van der Waals surface area (Å²) in [4.78, 5) is 11.2. The highest BCUT2D eigenvalue weighted by atomic mass is 16.5. The predicted octanol–water partition coefficient (Wildman–Crippen LogP) is 2.84.